The standard InChI is InChI=1S/C17H26N2O2S/c1-11-15(12(2)21-18-11)17(3,4)16(20)19-9-10-22-14-8-6-5-7-13(14)19/h13-14H,5-10H2,1-4H3/t13-,14+/m1/s1. The van der Waals surface area contributed by atoms with E-state index in [1.54, 1.807) is 0 Å². The molecule has 0 radical (unpaired) electrons. The van der Waals surface area contributed by atoms with E-state index < -0.39 is 5.41 Å². The van der Waals surface area contributed by atoms with Gasteiger partial charge in [-0.3, -0.25) is 4.79 Å². The van der Waals surface area contributed by atoms with Gasteiger partial charge in [0.05, 0.1) is 11.1 Å². The van der Waals surface area contributed by atoms with Crippen LogP contribution >= 0.6 is 11.8 Å². The smallest absolute Gasteiger partial charge is 0.233 e. The maximum Gasteiger partial charge on any atom is 0.233 e. The Kier molecular flexibility index (Phi) is 4.27. The monoisotopic (exact) mass is 322 g/mol. The number of aryl methyl sites for hydroxylation is 2. The third-order valence-electron chi connectivity index (χ3n) is 5.19. The fourth-order valence-electron chi connectivity index (χ4n) is 4.19. The summed E-state index contributed by atoms with van der Waals surface area (Å²) in [7, 11) is 0. The first-order valence-electron chi connectivity index (χ1n) is 8.29. The number of carbonyl (C=O) groups excluding carboxylic acids is 1. The summed E-state index contributed by atoms with van der Waals surface area (Å²) in [4.78, 5) is 15.5. The van der Waals surface area contributed by atoms with Gasteiger partial charge in [0.1, 0.15) is 5.76 Å². The van der Waals surface area contributed by atoms with Gasteiger partial charge in [0, 0.05) is 29.2 Å². The van der Waals surface area contributed by atoms with Crippen LogP contribution in [-0.4, -0.2) is 39.6 Å². The number of thioether (sulfide) groups is 1. The maximum absolute atomic E-state index is 13.3. The van der Waals surface area contributed by atoms with E-state index in [0.29, 0.717) is 11.3 Å². The van der Waals surface area contributed by atoms with Crippen molar-refractivity contribution in [2.75, 3.05) is 12.3 Å². The number of hydrogen-bond donors (Lipinski definition) is 0. The number of hydrogen-bond acceptors (Lipinski definition) is 4. The van der Waals surface area contributed by atoms with E-state index in [9.17, 15) is 4.79 Å². The van der Waals surface area contributed by atoms with Gasteiger partial charge in [-0.05, 0) is 40.5 Å². The Morgan fingerprint density at radius 3 is 2.73 bits per heavy atom. The zero-order valence-corrected chi connectivity index (χ0v) is 14.8. The van der Waals surface area contributed by atoms with Crippen LogP contribution in [0, 0.1) is 13.8 Å². The van der Waals surface area contributed by atoms with Gasteiger partial charge in [0.2, 0.25) is 5.91 Å². The highest BCUT2D eigenvalue weighted by molar-refractivity contribution is 8.00. The molecule has 0 bridgehead atoms. The Balaban J connectivity index is 1.88. The third-order valence-corrected chi connectivity index (χ3v) is 6.58. The van der Waals surface area contributed by atoms with Gasteiger partial charge in [0.25, 0.3) is 0 Å². The van der Waals surface area contributed by atoms with Crippen LogP contribution in [0.5, 0.6) is 0 Å². The molecule has 1 saturated carbocycles. The second-order valence-electron chi connectivity index (χ2n) is 7.08. The minimum absolute atomic E-state index is 0.235. The molecule has 1 saturated heterocycles. The number of rotatable bonds is 2. The molecule has 2 fully saturated rings. The molecule has 1 aromatic heterocycles. The summed E-state index contributed by atoms with van der Waals surface area (Å²) in [5, 5.41) is 4.67. The molecule has 1 aromatic rings. The van der Waals surface area contributed by atoms with Crippen molar-refractivity contribution >= 4 is 17.7 Å². The van der Waals surface area contributed by atoms with E-state index in [0.717, 1.165) is 35.7 Å². The van der Waals surface area contributed by atoms with E-state index in [1.807, 2.05) is 27.7 Å². The van der Waals surface area contributed by atoms with Gasteiger partial charge in [0.15, 0.2) is 0 Å². The molecule has 5 heteroatoms. The average Bonchev–Trinajstić information content (AvgIpc) is 2.85. The van der Waals surface area contributed by atoms with Crippen LogP contribution in [0.25, 0.3) is 0 Å². The van der Waals surface area contributed by atoms with Crippen LogP contribution in [0.2, 0.25) is 0 Å². The Morgan fingerprint density at radius 2 is 2.05 bits per heavy atom. The Morgan fingerprint density at radius 1 is 1.32 bits per heavy atom. The summed E-state index contributed by atoms with van der Waals surface area (Å²) in [6.07, 6.45) is 4.96. The summed E-state index contributed by atoms with van der Waals surface area (Å²) >= 11 is 2.06. The van der Waals surface area contributed by atoms with Crippen LogP contribution in [0.4, 0.5) is 0 Å². The van der Waals surface area contributed by atoms with Gasteiger partial charge in [-0.15, -0.1) is 0 Å². The second-order valence-corrected chi connectivity index (χ2v) is 8.43. The van der Waals surface area contributed by atoms with Crippen LogP contribution in [0.1, 0.15) is 56.5 Å². The number of aromatic nitrogens is 1. The molecule has 1 amide bonds. The number of carbonyl (C=O) groups is 1. The van der Waals surface area contributed by atoms with Crippen molar-refractivity contribution < 1.29 is 9.32 Å². The molecule has 1 aliphatic carbocycles. The van der Waals surface area contributed by atoms with Crippen molar-refractivity contribution in [3.63, 3.8) is 0 Å². The minimum atomic E-state index is -0.571. The normalized spacial score (nSPS) is 25.9. The first kappa shape index (κ1) is 15.9. The predicted molar refractivity (Wildman–Crippen MR) is 89.2 cm³/mol. The predicted octanol–water partition coefficient (Wildman–Crippen LogP) is 3.46. The van der Waals surface area contributed by atoms with Crippen molar-refractivity contribution in [3.05, 3.63) is 17.0 Å². The molecule has 1 aliphatic heterocycles. The molecule has 0 unspecified atom stereocenters. The summed E-state index contributed by atoms with van der Waals surface area (Å²) in [5.41, 5.74) is 1.23. The number of amides is 1. The van der Waals surface area contributed by atoms with Gasteiger partial charge in [-0.25, -0.2) is 0 Å². The van der Waals surface area contributed by atoms with E-state index in [1.165, 1.54) is 19.3 Å². The molecule has 122 valence electrons. The van der Waals surface area contributed by atoms with E-state index in [4.69, 9.17) is 4.52 Å². The Labute approximate surface area is 137 Å². The van der Waals surface area contributed by atoms with Gasteiger partial charge in [-0.1, -0.05) is 18.0 Å². The molecule has 2 heterocycles. The summed E-state index contributed by atoms with van der Waals surface area (Å²) in [6.45, 7) is 8.73. The van der Waals surface area contributed by atoms with Crippen molar-refractivity contribution in [1.82, 2.24) is 10.1 Å². The van der Waals surface area contributed by atoms with E-state index >= 15 is 0 Å². The van der Waals surface area contributed by atoms with Crippen LogP contribution in [-0.2, 0) is 10.2 Å². The summed E-state index contributed by atoms with van der Waals surface area (Å²) in [5.74, 6) is 2.06. The highest BCUT2D eigenvalue weighted by atomic mass is 32.2. The van der Waals surface area contributed by atoms with Crippen LogP contribution < -0.4 is 0 Å². The van der Waals surface area contributed by atoms with E-state index in [2.05, 4.69) is 21.8 Å². The lowest BCUT2D eigenvalue weighted by atomic mass is 9.80. The third kappa shape index (κ3) is 2.57. The lowest BCUT2D eigenvalue weighted by Crippen LogP contribution is -2.56. The van der Waals surface area contributed by atoms with Crippen molar-refractivity contribution in [2.24, 2.45) is 0 Å². The summed E-state index contributed by atoms with van der Waals surface area (Å²) in [6, 6.07) is 0.416. The highest BCUT2D eigenvalue weighted by Gasteiger charge is 2.44. The van der Waals surface area contributed by atoms with Gasteiger partial charge in [-0.2, -0.15) is 11.8 Å². The highest BCUT2D eigenvalue weighted by Crippen LogP contribution is 2.39. The molecule has 4 nitrogen and oxygen atoms in total. The quantitative estimate of drug-likeness (QED) is 0.836. The molecular weight excluding hydrogens is 296 g/mol. The Bertz CT molecular complexity index is 546. The minimum Gasteiger partial charge on any atom is -0.361 e. The molecule has 0 aromatic carbocycles. The lowest BCUT2D eigenvalue weighted by molar-refractivity contribution is -0.139. The molecule has 3 rings (SSSR count). The first-order chi connectivity index (χ1) is 10.4. The average molecular weight is 322 g/mol. The van der Waals surface area contributed by atoms with Gasteiger partial charge < -0.3 is 9.42 Å². The number of fused-ring (bicyclic) bond motifs is 1. The fraction of sp³-hybridized carbons (Fsp3) is 0.765. The van der Waals surface area contributed by atoms with Crippen molar-refractivity contribution in [3.8, 4) is 0 Å². The molecule has 22 heavy (non-hydrogen) atoms. The van der Waals surface area contributed by atoms with Crippen LogP contribution in [0.3, 0.4) is 0 Å². The molecular formula is C17H26N2O2S. The largest absolute Gasteiger partial charge is 0.361 e. The van der Waals surface area contributed by atoms with Crippen molar-refractivity contribution in [1.29, 1.82) is 0 Å². The van der Waals surface area contributed by atoms with Gasteiger partial charge >= 0.3 is 0 Å². The zero-order chi connectivity index (χ0) is 15.9. The fourth-order valence-corrected chi connectivity index (χ4v) is 5.63. The maximum atomic E-state index is 13.3. The number of nitrogens with zero attached hydrogens (tertiary/aromatic N) is 2. The molecule has 0 spiro atoms. The molecule has 0 N–H and O–H groups in total. The SMILES string of the molecule is Cc1noc(C)c1C(C)(C)C(=O)N1CCS[C@H]2CCCC[C@H]21. The van der Waals surface area contributed by atoms with Crippen molar-refractivity contribution in [2.45, 2.75) is 70.1 Å². The summed E-state index contributed by atoms with van der Waals surface area (Å²) < 4.78 is 5.30. The second kappa shape index (κ2) is 5.91. The topological polar surface area (TPSA) is 46.3 Å². The molecule has 2 aliphatic rings. The first-order valence-corrected chi connectivity index (χ1v) is 9.34. The zero-order valence-electron chi connectivity index (χ0n) is 14.0. The lowest BCUT2D eigenvalue weighted by Gasteiger charge is -2.46. The molecule has 2 atom stereocenters. The van der Waals surface area contributed by atoms with Crippen LogP contribution in [0.15, 0.2) is 4.52 Å². The van der Waals surface area contributed by atoms with E-state index in [-0.39, 0.29) is 5.91 Å². The Hall–Kier alpha value is -0.970.